The molecule has 0 radical (unpaired) electrons. The molecule has 2 aromatic carbocycles. The van der Waals surface area contributed by atoms with Crippen LogP contribution in [0.15, 0.2) is 60.7 Å². The molecule has 0 aromatic heterocycles. The van der Waals surface area contributed by atoms with Gasteiger partial charge in [0.25, 0.3) is 0 Å². The van der Waals surface area contributed by atoms with Gasteiger partial charge in [0.05, 0.1) is 17.7 Å². The van der Waals surface area contributed by atoms with Crippen molar-refractivity contribution in [3.63, 3.8) is 0 Å². The van der Waals surface area contributed by atoms with Gasteiger partial charge in [-0.2, -0.15) is 10.5 Å². The Bertz CT molecular complexity index is 1020. The summed E-state index contributed by atoms with van der Waals surface area (Å²) >= 11 is 0. The lowest BCUT2D eigenvalue weighted by molar-refractivity contribution is -0.133. The minimum Gasteiger partial charge on any atom is -0.459 e. The molecular weight excluding hydrogens is 388 g/mol. The van der Waals surface area contributed by atoms with E-state index in [0.717, 1.165) is 5.56 Å². The first-order valence-corrected chi connectivity index (χ1v) is 10.7. The third-order valence-corrected chi connectivity index (χ3v) is 6.99. The predicted octanol–water partition coefficient (Wildman–Crippen LogP) is 4.81. The van der Waals surface area contributed by atoms with E-state index in [1.165, 1.54) is 0 Å². The quantitative estimate of drug-likeness (QED) is 0.672. The Balaban J connectivity index is 1.66. The van der Waals surface area contributed by atoms with Crippen molar-refractivity contribution in [1.82, 2.24) is 0 Å². The summed E-state index contributed by atoms with van der Waals surface area (Å²) in [6, 6.07) is 23.0. The van der Waals surface area contributed by atoms with Gasteiger partial charge in [0.1, 0.15) is 17.8 Å². The SMILES string of the molecule is N#CC(C#N)[C@]12CC[C@H](OC(=O)c3ccccc3)C[C@H]1[C@H](c1ccccc1)CC(=O)C2. The van der Waals surface area contributed by atoms with Crippen molar-refractivity contribution in [2.24, 2.45) is 17.3 Å². The number of carbonyl (C=O) groups excluding carboxylic acids is 2. The number of hydrogen-bond donors (Lipinski definition) is 0. The fraction of sp³-hybridized carbons (Fsp3) is 0.385. The van der Waals surface area contributed by atoms with Gasteiger partial charge in [-0.25, -0.2) is 4.79 Å². The number of hydrogen-bond acceptors (Lipinski definition) is 5. The van der Waals surface area contributed by atoms with E-state index < -0.39 is 11.3 Å². The van der Waals surface area contributed by atoms with E-state index in [1.807, 2.05) is 36.4 Å². The molecule has 4 rings (SSSR count). The van der Waals surface area contributed by atoms with Crippen molar-refractivity contribution in [3.8, 4) is 12.1 Å². The molecule has 0 bridgehead atoms. The van der Waals surface area contributed by atoms with Crippen molar-refractivity contribution in [2.45, 2.75) is 44.1 Å². The average Bonchev–Trinajstić information content (AvgIpc) is 2.81. The fourth-order valence-electron chi connectivity index (χ4n) is 5.56. The van der Waals surface area contributed by atoms with E-state index in [9.17, 15) is 20.1 Å². The lowest BCUT2D eigenvalue weighted by Crippen LogP contribution is -2.51. The van der Waals surface area contributed by atoms with Crippen LogP contribution >= 0.6 is 0 Å². The van der Waals surface area contributed by atoms with E-state index in [2.05, 4.69) is 12.1 Å². The summed E-state index contributed by atoms with van der Waals surface area (Å²) in [5.74, 6) is -1.30. The third-order valence-electron chi connectivity index (χ3n) is 6.99. The highest BCUT2D eigenvalue weighted by atomic mass is 16.5. The Morgan fingerprint density at radius 1 is 1.03 bits per heavy atom. The van der Waals surface area contributed by atoms with Gasteiger partial charge in [0, 0.05) is 18.3 Å². The van der Waals surface area contributed by atoms with Gasteiger partial charge < -0.3 is 4.74 Å². The molecule has 2 saturated carbocycles. The molecule has 0 amide bonds. The van der Waals surface area contributed by atoms with E-state index >= 15 is 0 Å². The molecule has 2 aliphatic carbocycles. The van der Waals surface area contributed by atoms with Crippen LogP contribution < -0.4 is 0 Å². The molecule has 2 aliphatic rings. The lowest BCUT2D eigenvalue weighted by Gasteiger charge is -2.52. The second-order valence-corrected chi connectivity index (χ2v) is 8.64. The molecular formula is C26H24N2O3. The molecule has 4 atom stereocenters. The van der Waals surface area contributed by atoms with Gasteiger partial charge in [-0.05, 0) is 48.8 Å². The molecule has 31 heavy (non-hydrogen) atoms. The number of ketones is 1. The molecule has 0 aliphatic heterocycles. The summed E-state index contributed by atoms with van der Waals surface area (Å²) in [6.45, 7) is 0. The van der Waals surface area contributed by atoms with Crippen LogP contribution in [0.25, 0.3) is 0 Å². The number of rotatable bonds is 4. The van der Waals surface area contributed by atoms with Crippen LogP contribution in [0.5, 0.6) is 0 Å². The van der Waals surface area contributed by atoms with Crippen molar-refractivity contribution in [1.29, 1.82) is 10.5 Å². The number of esters is 1. The van der Waals surface area contributed by atoms with Gasteiger partial charge in [-0.3, -0.25) is 4.79 Å². The highest BCUT2D eigenvalue weighted by Crippen LogP contribution is 2.58. The number of benzene rings is 2. The Morgan fingerprint density at radius 2 is 1.68 bits per heavy atom. The summed E-state index contributed by atoms with van der Waals surface area (Å²) in [5.41, 5.74) is 0.842. The Kier molecular flexibility index (Phi) is 5.87. The number of Topliss-reactive ketones (excluding diaryl/α,β-unsaturated/α-hetero) is 1. The van der Waals surface area contributed by atoms with E-state index in [1.54, 1.807) is 24.3 Å². The minimum atomic E-state index is -0.862. The van der Waals surface area contributed by atoms with Crippen LogP contribution in [0.3, 0.4) is 0 Å². The highest BCUT2D eigenvalue weighted by Gasteiger charge is 2.56. The molecule has 156 valence electrons. The maximum atomic E-state index is 12.8. The molecule has 0 heterocycles. The standard InChI is InChI=1S/C26H24N2O3/c27-16-20(17-28)26-12-11-22(31-25(30)19-9-5-2-6-10-19)14-24(26)23(13-21(29)15-26)18-7-3-1-4-8-18/h1-10,20,22-24H,11-15H2/t22-,23-,24-,26+/m0/s1. The topological polar surface area (TPSA) is 90.9 Å². The van der Waals surface area contributed by atoms with E-state index in [-0.39, 0.29) is 36.1 Å². The van der Waals surface area contributed by atoms with Gasteiger partial charge in [0.2, 0.25) is 0 Å². The summed E-state index contributed by atoms with van der Waals surface area (Å²) in [7, 11) is 0. The van der Waals surface area contributed by atoms with Crippen molar-refractivity contribution in [3.05, 3.63) is 71.8 Å². The number of nitrogens with zero attached hydrogens (tertiary/aromatic N) is 2. The number of ether oxygens (including phenoxy) is 1. The van der Waals surface area contributed by atoms with Gasteiger partial charge in [0.15, 0.2) is 0 Å². The van der Waals surface area contributed by atoms with E-state index in [4.69, 9.17) is 4.74 Å². The normalized spacial score (nSPS) is 27.6. The molecule has 0 unspecified atom stereocenters. The zero-order valence-electron chi connectivity index (χ0n) is 17.2. The highest BCUT2D eigenvalue weighted by molar-refractivity contribution is 5.89. The van der Waals surface area contributed by atoms with Gasteiger partial charge >= 0.3 is 5.97 Å². The van der Waals surface area contributed by atoms with Crippen LogP contribution in [0.1, 0.15) is 53.9 Å². The largest absolute Gasteiger partial charge is 0.459 e. The zero-order chi connectivity index (χ0) is 21.8. The summed E-state index contributed by atoms with van der Waals surface area (Å²) in [4.78, 5) is 25.4. The Morgan fingerprint density at radius 3 is 2.32 bits per heavy atom. The van der Waals surface area contributed by atoms with Gasteiger partial charge in [-0.1, -0.05) is 48.5 Å². The molecule has 0 saturated heterocycles. The zero-order valence-corrected chi connectivity index (χ0v) is 17.2. The monoisotopic (exact) mass is 412 g/mol. The molecule has 2 aromatic rings. The molecule has 0 spiro atoms. The predicted molar refractivity (Wildman–Crippen MR) is 114 cm³/mol. The van der Waals surface area contributed by atoms with E-state index in [0.29, 0.717) is 31.2 Å². The maximum Gasteiger partial charge on any atom is 0.338 e. The number of fused-ring (bicyclic) bond motifs is 1. The Labute approximate surface area is 182 Å². The first-order chi connectivity index (χ1) is 15.1. The maximum absolute atomic E-state index is 12.8. The van der Waals surface area contributed by atoms with Crippen molar-refractivity contribution >= 4 is 11.8 Å². The average molecular weight is 412 g/mol. The summed E-state index contributed by atoms with van der Waals surface area (Å²) in [6.07, 6.45) is 1.94. The second kappa shape index (κ2) is 8.74. The molecule has 5 heteroatoms. The molecule has 5 nitrogen and oxygen atoms in total. The molecule has 0 N–H and O–H groups in total. The number of nitriles is 2. The number of carbonyl (C=O) groups is 2. The first kappa shape index (κ1) is 20.8. The lowest BCUT2D eigenvalue weighted by atomic mass is 9.50. The smallest absolute Gasteiger partial charge is 0.338 e. The van der Waals surface area contributed by atoms with Crippen LogP contribution in [0.2, 0.25) is 0 Å². The Hall–Kier alpha value is -3.44. The van der Waals surface area contributed by atoms with Crippen molar-refractivity contribution < 1.29 is 14.3 Å². The fourth-order valence-corrected chi connectivity index (χ4v) is 5.56. The second-order valence-electron chi connectivity index (χ2n) is 8.64. The minimum absolute atomic E-state index is 0.0841. The molecule has 2 fully saturated rings. The van der Waals surface area contributed by atoms with Gasteiger partial charge in [-0.15, -0.1) is 0 Å². The first-order valence-electron chi connectivity index (χ1n) is 10.7. The van der Waals surface area contributed by atoms with Crippen LogP contribution in [0, 0.1) is 39.9 Å². The van der Waals surface area contributed by atoms with Crippen molar-refractivity contribution in [2.75, 3.05) is 0 Å². The van der Waals surface area contributed by atoms with Crippen LogP contribution in [-0.2, 0) is 9.53 Å². The third kappa shape index (κ3) is 3.97. The van der Waals surface area contributed by atoms with Crippen LogP contribution in [0.4, 0.5) is 0 Å². The summed E-state index contributed by atoms with van der Waals surface area (Å²) in [5, 5.41) is 19.5. The van der Waals surface area contributed by atoms with Crippen LogP contribution in [-0.4, -0.2) is 17.9 Å². The summed E-state index contributed by atoms with van der Waals surface area (Å²) < 4.78 is 5.84.